The number of anilines is 1. The van der Waals surface area contributed by atoms with Crippen molar-refractivity contribution in [2.75, 3.05) is 17.3 Å². The zero-order valence-electron chi connectivity index (χ0n) is 10.7. The number of carbonyl (C=O) groups is 1. The first-order chi connectivity index (χ1) is 9.86. The summed E-state index contributed by atoms with van der Waals surface area (Å²) in [5.41, 5.74) is 1.84. The zero-order valence-corrected chi connectivity index (χ0v) is 13.9. The molecule has 0 fully saturated rings. The van der Waals surface area contributed by atoms with Crippen molar-refractivity contribution in [3.05, 3.63) is 28.7 Å². The number of amides is 1. The lowest BCUT2D eigenvalue weighted by atomic mass is 10.3. The maximum Gasteiger partial charge on any atom is 0.234 e. The van der Waals surface area contributed by atoms with Gasteiger partial charge in [-0.15, -0.1) is 10.2 Å². The number of sulfone groups is 1. The second-order valence-corrected chi connectivity index (χ2v) is 8.43. The fraction of sp³-hybridized carbons (Fsp3) is 0.182. The smallest absolute Gasteiger partial charge is 0.234 e. The van der Waals surface area contributed by atoms with Crippen molar-refractivity contribution < 1.29 is 13.2 Å². The largest absolute Gasteiger partial charge is 0.324 e. The second-order valence-electron chi connectivity index (χ2n) is 3.96. The van der Waals surface area contributed by atoms with Crippen molar-refractivity contribution in [3.8, 4) is 0 Å². The van der Waals surface area contributed by atoms with E-state index in [1.54, 1.807) is 5.51 Å². The molecular formula is C11H10ClN3O3S3. The molecule has 0 atom stereocenters. The Bertz CT molecular complexity index is 747. The van der Waals surface area contributed by atoms with E-state index in [-0.39, 0.29) is 27.3 Å². The van der Waals surface area contributed by atoms with Crippen LogP contribution in [0.15, 0.2) is 32.9 Å². The van der Waals surface area contributed by atoms with Crippen molar-refractivity contribution in [3.63, 3.8) is 0 Å². The lowest BCUT2D eigenvalue weighted by Gasteiger charge is -2.08. The summed E-state index contributed by atoms with van der Waals surface area (Å²) in [5, 5.41) is 10.3. The monoisotopic (exact) mass is 363 g/mol. The fourth-order valence-electron chi connectivity index (χ4n) is 1.37. The summed E-state index contributed by atoms with van der Waals surface area (Å²) in [7, 11) is -3.36. The molecule has 1 amide bonds. The molecule has 112 valence electrons. The molecule has 0 aliphatic heterocycles. The van der Waals surface area contributed by atoms with Crippen LogP contribution >= 0.6 is 34.7 Å². The summed E-state index contributed by atoms with van der Waals surface area (Å²) in [5.74, 6) is -0.169. The summed E-state index contributed by atoms with van der Waals surface area (Å²) in [6, 6.07) is 4.17. The lowest BCUT2D eigenvalue weighted by molar-refractivity contribution is -0.113. The van der Waals surface area contributed by atoms with Gasteiger partial charge < -0.3 is 5.32 Å². The van der Waals surface area contributed by atoms with Gasteiger partial charge in [-0.3, -0.25) is 4.79 Å². The van der Waals surface area contributed by atoms with Gasteiger partial charge >= 0.3 is 0 Å². The van der Waals surface area contributed by atoms with E-state index >= 15 is 0 Å². The third kappa shape index (κ3) is 4.67. The Balaban J connectivity index is 2.06. The molecule has 1 N–H and O–H groups in total. The topological polar surface area (TPSA) is 89.0 Å². The molecule has 0 saturated heterocycles. The Hall–Kier alpha value is -1.16. The Morgan fingerprint density at radius 1 is 1.48 bits per heavy atom. The minimum absolute atomic E-state index is 0.0963. The second kappa shape index (κ2) is 6.73. The molecule has 6 nitrogen and oxygen atoms in total. The number of halogens is 1. The number of nitrogens with zero attached hydrogens (tertiary/aromatic N) is 2. The first kappa shape index (κ1) is 16.2. The standard InChI is InChI=1S/C11H10ClN3O3S3/c1-21(17,18)7-2-3-8(12)9(4-7)14-10(16)5-19-11-15-13-6-20-11/h2-4,6H,5H2,1H3,(H,14,16). The quantitative estimate of drug-likeness (QED) is 0.820. The van der Waals surface area contributed by atoms with Gasteiger partial charge in [-0.05, 0) is 18.2 Å². The Morgan fingerprint density at radius 2 is 2.24 bits per heavy atom. The minimum atomic E-state index is -3.36. The van der Waals surface area contributed by atoms with Gasteiger partial charge in [0.15, 0.2) is 14.2 Å². The van der Waals surface area contributed by atoms with Crippen LogP contribution in [0.2, 0.25) is 5.02 Å². The van der Waals surface area contributed by atoms with Gasteiger partial charge in [-0.2, -0.15) is 0 Å². The molecule has 0 spiro atoms. The van der Waals surface area contributed by atoms with Gasteiger partial charge in [0, 0.05) is 6.26 Å². The predicted molar refractivity (Wildman–Crippen MR) is 83.8 cm³/mol. The third-order valence-corrected chi connectivity index (χ3v) is 5.61. The van der Waals surface area contributed by atoms with E-state index < -0.39 is 9.84 Å². The van der Waals surface area contributed by atoms with E-state index in [2.05, 4.69) is 15.5 Å². The fourth-order valence-corrected chi connectivity index (χ4v) is 3.47. The number of hydrogen-bond acceptors (Lipinski definition) is 7. The number of hydrogen-bond donors (Lipinski definition) is 1. The molecule has 2 aromatic rings. The van der Waals surface area contributed by atoms with E-state index in [4.69, 9.17) is 11.6 Å². The molecule has 0 unspecified atom stereocenters. The molecular weight excluding hydrogens is 354 g/mol. The van der Waals surface area contributed by atoms with Gasteiger partial charge in [0.1, 0.15) is 5.51 Å². The van der Waals surface area contributed by atoms with Crippen LogP contribution in [0, 0.1) is 0 Å². The van der Waals surface area contributed by atoms with Crippen molar-refractivity contribution in [2.45, 2.75) is 9.24 Å². The maximum absolute atomic E-state index is 11.8. The van der Waals surface area contributed by atoms with Crippen LogP contribution in [0.5, 0.6) is 0 Å². The van der Waals surface area contributed by atoms with E-state index in [0.717, 1.165) is 6.26 Å². The van der Waals surface area contributed by atoms with Crippen molar-refractivity contribution in [1.29, 1.82) is 0 Å². The highest BCUT2D eigenvalue weighted by molar-refractivity contribution is 8.01. The highest BCUT2D eigenvalue weighted by atomic mass is 35.5. The summed E-state index contributed by atoms with van der Waals surface area (Å²) >= 11 is 8.53. The summed E-state index contributed by atoms with van der Waals surface area (Å²) in [6.45, 7) is 0. The average Bonchev–Trinajstić information content (AvgIpc) is 2.91. The van der Waals surface area contributed by atoms with Gasteiger partial charge in [-0.25, -0.2) is 8.42 Å². The molecule has 1 aromatic heterocycles. The molecule has 21 heavy (non-hydrogen) atoms. The Labute approximate surface area is 134 Å². The van der Waals surface area contributed by atoms with Crippen molar-refractivity contribution >= 4 is 56.1 Å². The number of aromatic nitrogens is 2. The molecule has 1 heterocycles. The van der Waals surface area contributed by atoms with Crippen LogP contribution in [0.25, 0.3) is 0 Å². The third-order valence-electron chi connectivity index (χ3n) is 2.31. The van der Waals surface area contributed by atoms with Crippen molar-refractivity contribution in [2.24, 2.45) is 0 Å². The molecule has 0 saturated carbocycles. The van der Waals surface area contributed by atoms with Gasteiger partial charge in [0.25, 0.3) is 0 Å². The van der Waals surface area contributed by atoms with E-state index in [9.17, 15) is 13.2 Å². The molecule has 0 aliphatic rings. The Morgan fingerprint density at radius 3 is 2.86 bits per heavy atom. The highest BCUT2D eigenvalue weighted by Gasteiger charge is 2.12. The van der Waals surface area contributed by atoms with E-state index in [1.807, 2.05) is 0 Å². The van der Waals surface area contributed by atoms with Gasteiger partial charge in [0.2, 0.25) is 5.91 Å². The molecule has 10 heteroatoms. The number of carbonyl (C=O) groups excluding carboxylic acids is 1. The minimum Gasteiger partial charge on any atom is -0.324 e. The first-order valence-electron chi connectivity index (χ1n) is 5.54. The number of nitrogens with one attached hydrogen (secondary N) is 1. The number of benzene rings is 1. The SMILES string of the molecule is CS(=O)(=O)c1ccc(Cl)c(NC(=O)CSc2nncs2)c1. The zero-order chi connectivity index (χ0) is 15.5. The number of rotatable bonds is 5. The number of thioether (sulfide) groups is 1. The van der Waals surface area contributed by atoms with Crippen LogP contribution in [0.4, 0.5) is 5.69 Å². The van der Waals surface area contributed by atoms with E-state index in [0.29, 0.717) is 4.34 Å². The van der Waals surface area contributed by atoms with Gasteiger partial charge in [-0.1, -0.05) is 34.7 Å². The first-order valence-corrected chi connectivity index (χ1v) is 9.68. The summed E-state index contributed by atoms with van der Waals surface area (Å²) < 4.78 is 23.7. The van der Waals surface area contributed by atoms with E-state index in [1.165, 1.54) is 41.3 Å². The summed E-state index contributed by atoms with van der Waals surface area (Å²) in [4.78, 5) is 11.9. The van der Waals surface area contributed by atoms with Crippen LogP contribution in [0.1, 0.15) is 0 Å². The Kier molecular flexibility index (Phi) is 5.20. The highest BCUT2D eigenvalue weighted by Crippen LogP contribution is 2.26. The molecule has 0 radical (unpaired) electrons. The molecule has 2 rings (SSSR count). The van der Waals surface area contributed by atoms with Crippen molar-refractivity contribution in [1.82, 2.24) is 10.2 Å². The molecule has 0 bridgehead atoms. The molecule has 1 aromatic carbocycles. The average molecular weight is 364 g/mol. The van der Waals surface area contributed by atoms with Crippen LogP contribution in [0.3, 0.4) is 0 Å². The molecule has 0 aliphatic carbocycles. The lowest BCUT2D eigenvalue weighted by Crippen LogP contribution is -2.14. The maximum atomic E-state index is 11.8. The van der Waals surface area contributed by atoms with Gasteiger partial charge in [0.05, 0.1) is 21.4 Å². The van der Waals surface area contributed by atoms with Crippen LogP contribution in [-0.2, 0) is 14.6 Å². The van der Waals surface area contributed by atoms with Crippen LogP contribution < -0.4 is 5.32 Å². The predicted octanol–water partition coefficient (Wildman–Crippen LogP) is 2.33. The summed E-state index contributed by atoms with van der Waals surface area (Å²) in [6.07, 6.45) is 1.09. The van der Waals surface area contributed by atoms with Crippen LogP contribution in [-0.4, -0.2) is 36.5 Å². The normalized spacial score (nSPS) is 11.3.